The van der Waals surface area contributed by atoms with Crippen molar-refractivity contribution >= 4 is 34.7 Å². The molecule has 0 saturated carbocycles. The molecule has 3 amide bonds. The molecule has 1 aromatic carbocycles. The van der Waals surface area contributed by atoms with E-state index in [0.29, 0.717) is 25.2 Å². The van der Waals surface area contributed by atoms with Gasteiger partial charge in [-0.25, -0.2) is 0 Å². The van der Waals surface area contributed by atoms with Crippen LogP contribution in [0, 0.1) is 5.92 Å². The highest BCUT2D eigenvalue weighted by atomic mass is 32.1. The molecule has 160 valence electrons. The molecule has 3 rings (SSSR count). The van der Waals surface area contributed by atoms with Crippen molar-refractivity contribution in [1.82, 2.24) is 20.4 Å². The van der Waals surface area contributed by atoms with E-state index in [1.807, 2.05) is 32.0 Å². The molecule has 2 N–H and O–H groups in total. The van der Waals surface area contributed by atoms with Crippen molar-refractivity contribution < 1.29 is 14.4 Å². The van der Waals surface area contributed by atoms with E-state index in [9.17, 15) is 14.4 Å². The zero-order chi connectivity index (χ0) is 21.5. The number of nitrogens with one attached hydrogen (secondary N) is 2. The number of amides is 3. The molecule has 0 bridgehead atoms. The van der Waals surface area contributed by atoms with E-state index in [0.717, 1.165) is 30.6 Å². The van der Waals surface area contributed by atoms with Crippen LogP contribution in [0.15, 0.2) is 30.3 Å². The number of aromatic nitrogens is 2. The Morgan fingerprint density at radius 2 is 1.80 bits per heavy atom. The third kappa shape index (κ3) is 5.85. The maximum absolute atomic E-state index is 12.7. The number of carbonyl (C=O) groups excluding carboxylic acids is 3. The number of anilines is 1. The Morgan fingerprint density at radius 1 is 1.13 bits per heavy atom. The lowest BCUT2D eigenvalue weighted by Gasteiger charge is -2.31. The van der Waals surface area contributed by atoms with Gasteiger partial charge in [0.05, 0.1) is 0 Å². The first-order valence-electron chi connectivity index (χ1n) is 10.2. The maximum atomic E-state index is 12.7. The average Bonchev–Trinajstić information content (AvgIpc) is 3.25. The number of carbonyl (C=O) groups is 3. The molecule has 2 heterocycles. The molecule has 0 spiro atoms. The Bertz CT molecular complexity index is 878. The van der Waals surface area contributed by atoms with Gasteiger partial charge in [-0.05, 0) is 44.2 Å². The number of hydrogen-bond donors (Lipinski definition) is 2. The van der Waals surface area contributed by atoms with E-state index < -0.39 is 0 Å². The summed E-state index contributed by atoms with van der Waals surface area (Å²) in [4.78, 5) is 38.8. The SMILES string of the molecule is CCC(C)NC(=O)CC1CCN(C(=O)c2nnc(C(=O)Nc3ccccc3)s2)CC1. The first-order chi connectivity index (χ1) is 14.5. The standard InChI is InChI=1S/C21H27N5O3S/c1-3-14(2)22-17(27)13-15-9-11-26(12-10-15)21(29)20-25-24-19(30-20)18(28)23-16-7-5-4-6-8-16/h4-8,14-15H,3,9-13H2,1-2H3,(H,22,27)(H,23,28). The topological polar surface area (TPSA) is 104 Å². The summed E-state index contributed by atoms with van der Waals surface area (Å²) < 4.78 is 0. The Hall–Kier alpha value is -2.81. The Kier molecular flexibility index (Phi) is 7.51. The van der Waals surface area contributed by atoms with Gasteiger partial charge in [0.2, 0.25) is 15.9 Å². The van der Waals surface area contributed by atoms with E-state index >= 15 is 0 Å². The van der Waals surface area contributed by atoms with Crippen LogP contribution in [0.1, 0.15) is 59.1 Å². The molecule has 1 atom stereocenters. The quantitative estimate of drug-likeness (QED) is 0.704. The van der Waals surface area contributed by atoms with Gasteiger partial charge in [-0.2, -0.15) is 0 Å². The smallest absolute Gasteiger partial charge is 0.286 e. The third-order valence-corrected chi connectivity index (χ3v) is 6.14. The zero-order valence-corrected chi connectivity index (χ0v) is 18.1. The van der Waals surface area contributed by atoms with Crippen LogP contribution < -0.4 is 10.6 Å². The Morgan fingerprint density at radius 3 is 2.47 bits per heavy atom. The summed E-state index contributed by atoms with van der Waals surface area (Å²) in [7, 11) is 0. The summed E-state index contributed by atoms with van der Waals surface area (Å²) in [6.45, 7) is 5.19. The van der Waals surface area contributed by atoms with Gasteiger partial charge in [0.1, 0.15) is 0 Å². The van der Waals surface area contributed by atoms with Gasteiger partial charge in [0.25, 0.3) is 11.8 Å². The molecule has 2 aromatic rings. The van der Waals surface area contributed by atoms with Crippen LogP contribution in [-0.2, 0) is 4.79 Å². The molecule has 1 fully saturated rings. The minimum atomic E-state index is -0.385. The summed E-state index contributed by atoms with van der Waals surface area (Å²) >= 11 is 0.993. The van der Waals surface area contributed by atoms with Crippen LogP contribution >= 0.6 is 11.3 Å². The molecule has 1 aliphatic rings. The summed E-state index contributed by atoms with van der Waals surface area (Å²) in [5.41, 5.74) is 0.657. The van der Waals surface area contributed by atoms with Crippen molar-refractivity contribution in [2.24, 2.45) is 5.92 Å². The molecule has 1 aliphatic heterocycles. The summed E-state index contributed by atoms with van der Waals surface area (Å²) in [6, 6.07) is 9.24. The normalized spacial score (nSPS) is 15.5. The van der Waals surface area contributed by atoms with Crippen LogP contribution in [0.3, 0.4) is 0 Å². The number of likely N-dealkylation sites (tertiary alicyclic amines) is 1. The summed E-state index contributed by atoms with van der Waals surface area (Å²) in [5, 5.41) is 13.9. The van der Waals surface area contributed by atoms with Crippen LogP contribution in [0.5, 0.6) is 0 Å². The number of piperidine rings is 1. The van der Waals surface area contributed by atoms with Crippen molar-refractivity contribution in [3.63, 3.8) is 0 Å². The highest BCUT2D eigenvalue weighted by Gasteiger charge is 2.28. The van der Waals surface area contributed by atoms with E-state index in [-0.39, 0.29) is 39.7 Å². The maximum Gasteiger partial charge on any atom is 0.286 e. The first kappa shape index (κ1) is 21.9. The Labute approximate surface area is 180 Å². The number of benzene rings is 1. The molecule has 1 aromatic heterocycles. The number of hydrogen-bond acceptors (Lipinski definition) is 6. The zero-order valence-electron chi connectivity index (χ0n) is 17.3. The molecule has 8 nitrogen and oxygen atoms in total. The Balaban J connectivity index is 1.50. The molecule has 1 unspecified atom stereocenters. The fraction of sp³-hybridized carbons (Fsp3) is 0.476. The van der Waals surface area contributed by atoms with E-state index in [1.54, 1.807) is 17.0 Å². The van der Waals surface area contributed by atoms with Crippen molar-refractivity contribution in [1.29, 1.82) is 0 Å². The van der Waals surface area contributed by atoms with Gasteiger partial charge in [-0.3, -0.25) is 14.4 Å². The van der Waals surface area contributed by atoms with E-state index in [1.165, 1.54) is 0 Å². The molecule has 9 heteroatoms. The van der Waals surface area contributed by atoms with Gasteiger partial charge in [-0.15, -0.1) is 10.2 Å². The minimum Gasteiger partial charge on any atom is -0.354 e. The minimum absolute atomic E-state index is 0.0762. The predicted octanol–water partition coefficient (Wildman–Crippen LogP) is 2.95. The van der Waals surface area contributed by atoms with Gasteiger partial charge in [0, 0.05) is 31.2 Å². The second-order valence-electron chi connectivity index (χ2n) is 7.55. The molecular weight excluding hydrogens is 402 g/mol. The molecule has 1 saturated heterocycles. The number of nitrogens with zero attached hydrogens (tertiary/aromatic N) is 3. The third-order valence-electron chi connectivity index (χ3n) is 5.23. The monoisotopic (exact) mass is 429 g/mol. The molecule has 0 radical (unpaired) electrons. The molecule has 30 heavy (non-hydrogen) atoms. The van der Waals surface area contributed by atoms with Crippen molar-refractivity contribution in [2.45, 2.75) is 45.6 Å². The number of rotatable bonds is 7. The fourth-order valence-corrected chi connectivity index (χ4v) is 3.99. The van der Waals surface area contributed by atoms with Crippen molar-refractivity contribution in [3.8, 4) is 0 Å². The average molecular weight is 430 g/mol. The lowest BCUT2D eigenvalue weighted by atomic mass is 9.93. The van der Waals surface area contributed by atoms with Gasteiger partial charge >= 0.3 is 0 Å². The van der Waals surface area contributed by atoms with E-state index in [4.69, 9.17) is 0 Å². The first-order valence-corrected chi connectivity index (χ1v) is 11.1. The van der Waals surface area contributed by atoms with Crippen LogP contribution in [0.4, 0.5) is 5.69 Å². The number of para-hydroxylation sites is 1. The predicted molar refractivity (Wildman–Crippen MR) is 115 cm³/mol. The van der Waals surface area contributed by atoms with Crippen LogP contribution in [0.2, 0.25) is 0 Å². The highest BCUT2D eigenvalue weighted by Crippen LogP contribution is 2.23. The lowest BCUT2D eigenvalue weighted by molar-refractivity contribution is -0.122. The summed E-state index contributed by atoms with van der Waals surface area (Å²) in [6.07, 6.45) is 2.96. The van der Waals surface area contributed by atoms with Crippen molar-refractivity contribution in [3.05, 3.63) is 40.3 Å². The second-order valence-corrected chi connectivity index (χ2v) is 8.53. The second kappa shape index (κ2) is 10.3. The summed E-state index contributed by atoms with van der Waals surface area (Å²) in [5.74, 6) is -0.246. The molecule has 0 aliphatic carbocycles. The van der Waals surface area contributed by atoms with Gasteiger partial charge in [0.15, 0.2) is 0 Å². The fourth-order valence-electron chi connectivity index (χ4n) is 3.28. The molecular formula is C21H27N5O3S. The van der Waals surface area contributed by atoms with Crippen LogP contribution in [-0.4, -0.2) is 52.0 Å². The van der Waals surface area contributed by atoms with Crippen LogP contribution in [0.25, 0.3) is 0 Å². The van der Waals surface area contributed by atoms with Gasteiger partial charge in [-0.1, -0.05) is 36.5 Å². The highest BCUT2D eigenvalue weighted by molar-refractivity contribution is 7.15. The largest absolute Gasteiger partial charge is 0.354 e. The lowest BCUT2D eigenvalue weighted by Crippen LogP contribution is -2.40. The van der Waals surface area contributed by atoms with Gasteiger partial charge < -0.3 is 15.5 Å². The van der Waals surface area contributed by atoms with E-state index in [2.05, 4.69) is 20.8 Å². The van der Waals surface area contributed by atoms with Crippen molar-refractivity contribution in [2.75, 3.05) is 18.4 Å².